The van der Waals surface area contributed by atoms with Gasteiger partial charge in [-0.15, -0.1) is 0 Å². The van der Waals surface area contributed by atoms with Gasteiger partial charge in [-0.3, -0.25) is 4.79 Å². The molecule has 0 saturated carbocycles. The first-order valence-corrected chi connectivity index (χ1v) is 12.5. The van der Waals surface area contributed by atoms with Gasteiger partial charge in [0.2, 0.25) is 5.89 Å². The Kier molecular flexibility index (Phi) is 7.90. The molecule has 0 atom stereocenters. The largest absolute Gasteiger partial charge is 0.507 e. The Balaban J connectivity index is 1.84. The monoisotopic (exact) mass is 476 g/mol. The van der Waals surface area contributed by atoms with Crippen LogP contribution in [0.2, 0.25) is 0 Å². The van der Waals surface area contributed by atoms with Crippen LogP contribution in [0, 0.1) is 6.92 Å². The average Bonchev–Trinajstić information content (AvgIpc) is 3.23. The number of nitrogens with one attached hydrogen (secondary N) is 1. The van der Waals surface area contributed by atoms with Crippen LogP contribution in [0.5, 0.6) is 5.75 Å². The number of phenolic OH excluding ortho intramolecular Hbond substituents is 1. The van der Waals surface area contributed by atoms with E-state index < -0.39 is 0 Å². The van der Waals surface area contributed by atoms with Crippen molar-refractivity contribution in [3.63, 3.8) is 0 Å². The second kappa shape index (κ2) is 10.4. The minimum absolute atomic E-state index is 0.108. The van der Waals surface area contributed by atoms with Gasteiger partial charge < -0.3 is 14.8 Å². The molecule has 3 rings (SSSR count). The highest BCUT2D eigenvalue weighted by atomic mass is 16.3. The molecule has 2 aromatic carbocycles. The molecule has 0 aliphatic rings. The lowest BCUT2D eigenvalue weighted by Crippen LogP contribution is -2.17. The summed E-state index contributed by atoms with van der Waals surface area (Å²) in [5.41, 5.74) is 5.78. The van der Waals surface area contributed by atoms with E-state index in [9.17, 15) is 9.90 Å². The number of carbonyl (C=O) groups excluding carboxylic acids is 1. The molecule has 5 nitrogen and oxygen atoms in total. The maximum atomic E-state index is 13.0. The van der Waals surface area contributed by atoms with Gasteiger partial charge in [-0.1, -0.05) is 72.2 Å². The van der Waals surface area contributed by atoms with Gasteiger partial charge in [0.15, 0.2) is 5.78 Å². The number of hydrogen-bond acceptors (Lipinski definition) is 5. The maximum Gasteiger partial charge on any atom is 0.226 e. The standard InChI is InChI=1S/C30H40N2O3/c1-9-31-17-21-14-19(2)10-12-23(21)26(33)13-11-22-18-35-28(32-22)20-15-24(29(3,4)5)27(34)25(16-20)30(6,7)8/h10,12,14-16,18,31,34H,9,11,13,17H2,1-8H3. The van der Waals surface area contributed by atoms with Gasteiger partial charge in [-0.2, -0.15) is 0 Å². The van der Waals surface area contributed by atoms with Crippen LogP contribution in [0.4, 0.5) is 0 Å². The predicted octanol–water partition coefficient (Wildman–Crippen LogP) is 6.88. The molecule has 0 aliphatic carbocycles. The molecular formula is C30H40N2O3. The Morgan fingerprint density at radius 3 is 2.23 bits per heavy atom. The fourth-order valence-electron chi connectivity index (χ4n) is 4.23. The van der Waals surface area contributed by atoms with E-state index in [1.54, 1.807) is 6.26 Å². The molecule has 0 aliphatic heterocycles. The Labute approximate surface area is 210 Å². The molecular weight excluding hydrogens is 436 g/mol. The van der Waals surface area contributed by atoms with Crippen LogP contribution in [0.1, 0.15) is 93.2 Å². The van der Waals surface area contributed by atoms with Gasteiger partial charge in [-0.05, 0) is 42.0 Å². The summed E-state index contributed by atoms with van der Waals surface area (Å²) in [5.74, 6) is 0.946. The molecule has 35 heavy (non-hydrogen) atoms. The first-order valence-electron chi connectivity index (χ1n) is 12.5. The summed E-state index contributed by atoms with van der Waals surface area (Å²) in [6.45, 7) is 18.1. The van der Waals surface area contributed by atoms with Crippen molar-refractivity contribution in [2.24, 2.45) is 0 Å². The van der Waals surface area contributed by atoms with Gasteiger partial charge >= 0.3 is 0 Å². The molecule has 0 radical (unpaired) electrons. The molecule has 2 N–H and O–H groups in total. The Bertz CT molecular complexity index is 1160. The molecule has 188 valence electrons. The lowest BCUT2D eigenvalue weighted by atomic mass is 9.78. The van der Waals surface area contributed by atoms with Crippen LogP contribution in [-0.2, 0) is 23.8 Å². The predicted molar refractivity (Wildman–Crippen MR) is 142 cm³/mol. The van der Waals surface area contributed by atoms with Crippen molar-refractivity contribution in [3.05, 3.63) is 70.1 Å². The molecule has 0 amide bonds. The zero-order valence-electron chi connectivity index (χ0n) is 22.5. The third kappa shape index (κ3) is 6.40. The number of aryl methyl sites for hydroxylation is 2. The number of hydrogen-bond donors (Lipinski definition) is 2. The summed E-state index contributed by atoms with van der Waals surface area (Å²) in [6.07, 6.45) is 2.51. The van der Waals surface area contributed by atoms with Crippen LogP contribution in [0.15, 0.2) is 41.0 Å². The number of phenols is 1. The van der Waals surface area contributed by atoms with Crippen molar-refractivity contribution in [2.75, 3.05) is 6.54 Å². The molecule has 0 bridgehead atoms. The second-order valence-corrected chi connectivity index (χ2v) is 11.4. The second-order valence-electron chi connectivity index (χ2n) is 11.4. The molecule has 0 fully saturated rings. The number of carbonyl (C=O) groups is 1. The zero-order valence-corrected chi connectivity index (χ0v) is 22.5. The van der Waals surface area contributed by atoms with E-state index in [-0.39, 0.29) is 16.6 Å². The van der Waals surface area contributed by atoms with Crippen LogP contribution in [0.25, 0.3) is 11.5 Å². The summed E-state index contributed by atoms with van der Waals surface area (Å²) >= 11 is 0. The van der Waals surface area contributed by atoms with E-state index >= 15 is 0 Å². The minimum Gasteiger partial charge on any atom is -0.507 e. The number of nitrogens with zero attached hydrogens (tertiary/aromatic N) is 1. The number of aromatic hydroxyl groups is 1. The van der Waals surface area contributed by atoms with Gasteiger partial charge in [0.25, 0.3) is 0 Å². The summed E-state index contributed by atoms with van der Waals surface area (Å²) < 4.78 is 5.84. The number of benzene rings is 2. The fourth-order valence-corrected chi connectivity index (χ4v) is 4.23. The third-order valence-corrected chi connectivity index (χ3v) is 6.26. The summed E-state index contributed by atoms with van der Waals surface area (Å²) in [5, 5.41) is 14.3. The summed E-state index contributed by atoms with van der Waals surface area (Å²) in [6, 6.07) is 9.92. The molecule has 0 saturated heterocycles. The minimum atomic E-state index is -0.236. The van der Waals surface area contributed by atoms with Crippen molar-refractivity contribution in [2.45, 2.75) is 85.6 Å². The van der Waals surface area contributed by atoms with Gasteiger partial charge in [0.05, 0.1) is 5.69 Å². The molecule has 1 aromatic heterocycles. The molecule has 3 aromatic rings. The van der Waals surface area contributed by atoms with Gasteiger partial charge in [-0.25, -0.2) is 4.98 Å². The third-order valence-electron chi connectivity index (χ3n) is 6.26. The van der Waals surface area contributed by atoms with E-state index in [4.69, 9.17) is 9.40 Å². The molecule has 1 heterocycles. The number of aromatic nitrogens is 1. The van der Waals surface area contributed by atoms with E-state index in [0.717, 1.165) is 45.6 Å². The summed E-state index contributed by atoms with van der Waals surface area (Å²) in [7, 11) is 0. The van der Waals surface area contributed by atoms with E-state index in [1.165, 1.54) is 0 Å². The molecule has 0 spiro atoms. The van der Waals surface area contributed by atoms with E-state index in [2.05, 4.69) is 59.8 Å². The quantitative estimate of drug-likeness (QED) is 0.347. The van der Waals surface area contributed by atoms with Crippen molar-refractivity contribution >= 4 is 5.78 Å². The summed E-state index contributed by atoms with van der Waals surface area (Å²) in [4.78, 5) is 17.7. The van der Waals surface area contributed by atoms with E-state index in [1.807, 2.05) is 31.2 Å². The normalized spacial score (nSPS) is 12.2. The highest BCUT2D eigenvalue weighted by Crippen LogP contribution is 2.41. The average molecular weight is 477 g/mol. The number of ketones is 1. The lowest BCUT2D eigenvalue weighted by molar-refractivity contribution is 0.0981. The molecule has 0 unspecified atom stereocenters. The number of Topliss-reactive ketones (excluding diaryl/α,β-unsaturated/α-hetero) is 1. The van der Waals surface area contributed by atoms with Crippen molar-refractivity contribution in [3.8, 4) is 17.2 Å². The zero-order chi connectivity index (χ0) is 26.0. The highest BCUT2D eigenvalue weighted by Gasteiger charge is 2.27. The number of oxazole rings is 1. The SMILES string of the molecule is CCNCc1cc(C)ccc1C(=O)CCc1coc(-c2cc(C(C)(C)C)c(O)c(C(C)(C)C)c2)n1. The van der Waals surface area contributed by atoms with Gasteiger partial charge in [0, 0.05) is 41.6 Å². The first-order chi connectivity index (χ1) is 16.3. The van der Waals surface area contributed by atoms with Crippen molar-refractivity contribution in [1.29, 1.82) is 0 Å². The smallest absolute Gasteiger partial charge is 0.226 e. The van der Waals surface area contributed by atoms with Gasteiger partial charge in [0.1, 0.15) is 12.0 Å². The Hall–Kier alpha value is -2.92. The van der Waals surface area contributed by atoms with Crippen molar-refractivity contribution < 1.29 is 14.3 Å². The topological polar surface area (TPSA) is 75.4 Å². The Morgan fingerprint density at radius 2 is 1.66 bits per heavy atom. The van der Waals surface area contributed by atoms with Crippen LogP contribution >= 0.6 is 0 Å². The molecule has 5 heteroatoms. The van der Waals surface area contributed by atoms with Crippen LogP contribution in [-0.4, -0.2) is 22.4 Å². The van der Waals surface area contributed by atoms with E-state index in [0.29, 0.717) is 31.0 Å². The maximum absolute atomic E-state index is 13.0. The Morgan fingerprint density at radius 1 is 1.03 bits per heavy atom. The lowest BCUT2D eigenvalue weighted by Gasteiger charge is -2.27. The van der Waals surface area contributed by atoms with Crippen LogP contribution < -0.4 is 5.32 Å². The first kappa shape index (κ1) is 26.7. The highest BCUT2D eigenvalue weighted by molar-refractivity contribution is 5.97. The van der Waals surface area contributed by atoms with Crippen molar-refractivity contribution in [1.82, 2.24) is 10.3 Å². The fraction of sp³-hybridized carbons (Fsp3) is 0.467. The van der Waals surface area contributed by atoms with Crippen LogP contribution in [0.3, 0.4) is 0 Å². The number of rotatable bonds is 8.